The van der Waals surface area contributed by atoms with Gasteiger partial charge in [-0.2, -0.15) is 0 Å². The van der Waals surface area contributed by atoms with Crippen LogP contribution in [0.2, 0.25) is 0 Å². The van der Waals surface area contributed by atoms with E-state index in [-0.39, 0.29) is 5.91 Å². The summed E-state index contributed by atoms with van der Waals surface area (Å²) in [4.78, 5) is 18.1. The highest BCUT2D eigenvalue weighted by Crippen LogP contribution is 2.33. The number of anilines is 1. The van der Waals surface area contributed by atoms with Crippen molar-refractivity contribution in [2.75, 3.05) is 31.6 Å². The first-order chi connectivity index (χ1) is 13.8. The van der Waals surface area contributed by atoms with Gasteiger partial charge in [0.1, 0.15) is 12.4 Å². The molecule has 5 rings (SSSR count). The van der Waals surface area contributed by atoms with Crippen LogP contribution in [-0.4, -0.2) is 42.0 Å². The number of fused-ring (bicyclic) bond motifs is 2. The third kappa shape index (κ3) is 3.29. The smallest absolute Gasteiger partial charge is 0.256 e. The van der Waals surface area contributed by atoms with Gasteiger partial charge in [-0.15, -0.1) is 0 Å². The number of nitrogens with zero attached hydrogens (tertiary/aromatic N) is 1. The topological polar surface area (TPSA) is 57.4 Å². The Labute approximate surface area is 164 Å². The molecule has 1 fully saturated rings. The predicted octanol–water partition coefficient (Wildman–Crippen LogP) is 4.14. The zero-order chi connectivity index (χ0) is 18.9. The molecule has 5 nitrogen and oxygen atoms in total. The van der Waals surface area contributed by atoms with Crippen LogP contribution in [0.1, 0.15) is 24.1 Å². The number of para-hydroxylation sites is 1. The fourth-order valence-corrected chi connectivity index (χ4v) is 4.04. The van der Waals surface area contributed by atoms with Gasteiger partial charge in [-0.1, -0.05) is 18.2 Å². The number of aromatic nitrogens is 1. The van der Waals surface area contributed by atoms with E-state index >= 15 is 0 Å². The van der Waals surface area contributed by atoms with E-state index in [1.807, 2.05) is 42.5 Å². The van der Waals surface area contributed by atoms with E-state index in [1.54, 1.807) is 0 Å². The first-order valence-corrected chi connectivity index (χ1v) is 9.87. The minimum atomic E-state index is -0.0641. The Hall–Kier alpha value is -3.05. The minimum Gasteiger partial charge on any atom is -0.492 e. The monoisotopic (exact) mass is 373 g/mol. The largest absolute Gasteiger partial charge is 0.492 e. The van der Waals surface area contributed by atoms with Gasteiger partial charge in [-0.05, 0) is 62.3 Å². The number of H-pyrrole nitrogens is 1. The molecule has 3 aromatic rings. The van der Waals surface area contributed by atoms with Gasteiger partial charge in [0.25, 0.3) is 5.91 Å². The summed E-state index contributed by atoms with van der Waals surface area (Å²) < 4.78 is 5.95. The van der Waals surface area contributed by atoms with Crippen molar-refractivity contribution in [1.29, 1.82) is 0 Å². The number of amides is 1. The highest BCUT2D eigenvalue weighted by atomic mass is 16.5. The van der Waals surface area contributed by atoms with E-state index in [0.717, 1.165) is 40.1 Å². The van der Waals surface area contributed by atoms with Crippen LogP contribution in [0.25, 0.3) is 22.6 Å². The van der Waals surface area contributed by atoms with Crippen molar-refractivity contribution in [1.82, 2.24) is 9.88 Å². The van der Waals surface area contributed by atoms with E-state index < -0.39 is 0 Å². The van der Waals surface area contributed by atoms with Crippen LogP contribution >= 0.6 is 0 Å². The van der Waals surface area contributed by atoms with E-state index in [9.17, 15) is 4.79 Å². The Morgan fingerprint density at radius 3 is 2.82 bits per heavy atom. The van der Waals surface area contributed by atoms with Gasteiger partial charge in [0, 0.05) is 34.4 Å². The number of carbonyl (C=O) groups is 1. The summed E-state index contributed by atoms with van der Waals surface area (Å²) in [6.07, 6.45) is 4.52. The molecule has 1 saturated heterocycles. The van der Waals surface area contributed by atoms with Gasteiger partial charge in [-0.3, -0.25) is 9.69 Å². The fraction of sp³-hybridized carbons (Fsp3) is 0.261. The van der Waals surface area contributed by atoms with Crippen LogP contribution < -0.4 is 10.1 Å². The molecule has 0 saturated carbocycles. The fourth-order valence-electron chi connectivity index (χ4n) is 4.04. The number of carbonyl (C=O) groups excluding carboxylic acids is 1. The second-order valence-corrected chi connectivity index (χ2v) is 7.43. The van der Waals surface area contributed by atoms with Crippen molar-refractivity contribution in [3.05, 3.63) is 59.8 Å². The molecule has 5 heteroatoms. The number of nitrogens with one attached hydrogen (secondary N) is 2. The third-order valence-electron chi connectivity index (χ3n) is 5.50. The van der Waals surface area contributed by atoms with E-state index in [1.165, 1.54) is 25.9 Å². The standard InChI is InChI=1S/C23H23N3O2/c27-23-20(19-5-1-2-6-22(19)25-23)15-17-13-16-14-18(7-8-21(16)24-17)28-12-11-26-9-3-4-10-26/h1-2,5-8,13-15,24H,3-4,9-12H2,(H,25,27). The summed E-state index contributed by atoms with van der Waals surface area (Å²) in [5.74, 6) is 0.819. The molecule has 0 aliphatic carbocycles. The third-order valence-corrected chi connectivity index (χ3v) is 5.50. The summed E-state index contributed by atoms with van der Waals surface area (Å²) in [6, 6.07) is 15.9. The summed E-state index contributed by atoms with van der Waals surface area (Å²) in [7, 11) is 0. The lowest BCUT2D eigenvalue weighted by atomic mass is 10.1. The first kappa shape index (κ1) is 17.1. The zero-order valence-electron chi connectivity index (χ0n) is 15.7. The van der Waals surface area contributed by atoms with Gasteiger partial charge in [-0.25, -0.2) is 0 Å². The maximum Gasteiger partial charge on any atom is 0.256 e. The number of rotatable bonds is 5. The molecular formula is C23H23N3O2. The molecule has 2 aliphatic rings. The maximum absolute atomic E-state index is 12.3. The second kappa shape index (κ2) is 7.17. The SMILES string of the molecule is O=C1Nc2ccccc2C1=Cc1cc2cc(OCCN3CCCC3)ccc2[nH]1. The van der Waals surface area contributed by atoms with Crippen LogP contribution in [0.5, 0.6) is 5.75 Å². The van der Waals surface area contributed by atoms with Crippen LogP contribution in [-0.2, 0) is 4.79 Å². The van der Waals surface area contributed by atoms with Crippen molar-refractivity contribution >= 4 is 34.1 Å². The van der Waals surface area contributed by atoms with Gasteiger partial charge in [0.05, 0.1) is 5.57 Å². The molecule has 0 unspecified atom stereocenters. The lowest BCUT2D eigenvalue weighted by molar-refractivity contribution is -0.110. The first-order valence-electron chi connectivity index (χ1n) is 9.87. The summed E-state index contributed by atoms with van der Waals surface area (Å²) >= 11 is 0. The number of hydrogen-bond acceptors (Lipinski definition) is 3. The Morgan fingerprint density at radius 2 is 1.93 bits per heavy atom. The molecule has 1 aromatic heterocycles. The summed E-state index contributed by atoms with van der Waals surface area (Å²) in [5.41, 5.74) is 4.43. The second-order valence-electron chi connectivity index (χ2n) is 7.43. The normalized spacial score (nSPS) is 18.0. The van der Waals surface area contributed by atoms with Crippen molar-refractivity contribution in [3.8, 4) is 5.75 Å². The van der Waals surface area contributed by atoms with Gasteiger partial charge >= 0.3 is 0 Å². The van der Waals surface area contributed by atoms with Crippen LogP contribution in [0.15, 0.2) is 48.5 Å². The van der Waals surface area contributed by atoms with Crippen LogP contribution in [0, 0.1) is 0 Å². The van der Waals surface area contributed by atoms with Crippen molar-refractivity contribution in [3.63, 3.8) is 0 Å². The highest BCUT2D eigenvalue weighted by molar-refractivity contribution is 6.34. The Bertz CT molecular complexity index is 1060. The van der Waals surface area contributed by atoms with Gasteiger partial charge in [0.15, 0.2) is 0 Å². The molecule has 3 heterocycles. The Morgan fingerprint density at radius 1 is 1.07 bits per heavy atom. The van der Waals surface area contributed by atoms with Crippen LogP contribution in [0.4, 0.5) is 5.69 Å². The van der Waals surface area contributed by atoms with Crippen molar-refractivity contribution < 1.29 is 9.53 Å². The molecule has 1 amide bonds. The lowest BCUT2D eigenvalue weighted by Crippen LogP contribution is -2.25. The van der Waals surface area contributed by atoms with Gasteiger partial charge in [0.2, 0.25) is 0 Å². The molecular weight excluding hydrogens is 350 g/mol. The molecule has 2 aliphatic heterocycles. The molecule has 0 bridgehead atoms. The van der Waals surface area contributed by atoms with Crippen LogP contribution in [0.3, 0.4) is 0 Å². The number of benzene rings is 2. The number of hydrogen-bond donors (Lipinski definition) is 2. The average molecular weight is 373 g/mol. The van der Waals surface area contributed by atoms with E-state index in [4.69, 9.17) is 4.74 Å². The lowest BCUT2D eigenvalue weighted by Gasteiger charge is -2.14. The number of ether oxygens (including phenoxy) is 1. The maximum atomic E-state index is 12.3. The Balaban J connectivity index is 1.34. The minimum absolute atomic E-state index is 0.0641. The Kier molecular flexibility index (Phi) is 4.37. The number of likely N-dealkylation sites (tertiary alicyclic amines) is 1. The number of aromatic amines is 1. The predicted molar refractivity (Wildman–Crippen MR) is 112 cm³/mol. The molecule has 0 radical (unpaired) electrons. The van der Waals surface area contributed by atoms with E-state index in [2.05, 4.69) is 27.3 Å². The summed E-state index contributed by atoms with van der Waals surface area (Å²) in [6.45, 7) is 4.07. The summed E-state index contributed by atoms with van der Waals surface area (Å²) in [5, 5.41) is 3.99. The molecule has 0 atom stereocenters. The van der Waals surface area contributed by atoms with Gasteiger partial charge < -0.3 is 15.0 Å². The highest BCUT2D eigenvalue weighted by Gasteiger charge is 2.23. The zero-order valence-corrected chi connectivity index (χ0v) is 15.7. The average Bonchev–Trinajstić information content (AvgIpc) is 3.41. The van der Waals surface area contributed by atoms with E-state index in [0.29, 0.717) is 12.2 Å². The molecule has 2 aromatic carbocycles. The molecule has 142 valence electrons. The van der Waals surface area contributed by atoms with Crippen molar-refractivity contribution in [2.45, 2.75) is 12.8 Å². The molecule has 2 N–H and O–H groups in total. The molecule has 0 spiro atoms. The van der Waals surface area contributed by atoms with Crippen molar-refractivity contribution in [2.24, 2.45) is 0 Å². The quantitative estimate of drug-likeness (QED) is 0.661. The molecule has 28 heavy (non-hydrogen) atoms.